The number of carbonyl (C=O) groups is 2. The number of carboxylic acids is 1. The van der Waals surface area contributed by atoms with Crippen molar-refractivity contribution in [2.75, 3.05) is 6.54 Å². The van der Waals surface area contributed by atoms with E-state index in [0.29, 0.717) is 0 Å². The zero-order valence-electron chi connectivity index (χ0n) is 11.1. The molecule has 19 heavy (non-hydrogen) atoms. The molecule has 2 rings (SSSR count). The minimum absolute atomic E-state index is 0.00376. The highest BCUT2D eigenvalue weighted by Gasteiger charge is 2.79. The van der Waals surface area contributed by atoms with Crippen molar-refractivity contribution in [1.29, 1.82) is 0 Å². The molecule has 1 amide bonds. The van der Waals surface area contributed by atoms with Gasteiger partial charge in [0, 0.05) is 13.0 Å². The number of aliphatic carboxylic acids is 1. The van der Waals surface area contributed by atoms with Crippen LogP contribution in [0.3, 0.4) is 0 Å². The Labute approximate surface area is 109 Å². The van der Waals surface area contributed by atoms with Gasteiger partial charge in [0.1, 0.15) is 11.6 Å². The summed E-state index contributed by atoms with van der Waals surface area (Å²) < 4.78 is 31.9. The summed E-state index contributed by atoms with van der Waals surface area (Å²) in [6, 6.07) is -1.50. The Morgan fingerprint density at radius 3 is 2.26 bits per heavy atom. The lowest BCUT2D eigenvalue weighted by Crippen LogP contribution is -2.47. The Morgan fingerprint density at radius 1 is 1.37 bits per heavy atom. The van der Waals surface area contributed by atoms with Crippen LogP contribution in [0.2, 0.25) is 0 Å². The minimum atomic E-state index is -3.01. The first-order valence-electron chi connectivity index (χ1n) is 6.10. The van der Waals surface area contributed by atoms with Crippen molar-refractivity contribution in [3.63, 3.8) is 0 Å². The molecule has 0 bridgehead atoms. The first-order valence-corrected chi connectivity index (χ1v) is 6.10. The molecule has 1 N–H and O–H groups in total. The van der Waals surface area contributed by atoms with Gasteiger partial charge < -0.3 is 9.84 Å². The molecule has 1 heterocycles. The number of hydrogen-bond donors (Lipinski definition) is 1. The van der Waals surface area contributed by atoms with Gasteiger partial charge in [-0.3, -0.25) is 4.90 Å². The molecule has 1 spiro atoms. The van der Waals surface area contributed by atoms with E-state index in [1.54, 1.807) is 20.8 Å². The molecule has 7 heteroatoms. The fraction of sp³-hybridized carbons (Fsp3) is 0.833. The van der Waals surface area contributed by atoms with Crippen molar-refractivity contribution in [3.8, 4) is 0 Å². The van der Waals surface area contributed by atoms with Gasteiger partial charge in [-0.2, -0.15) is 0 Å². The third kappa shape index (κ3) is 2.15. The highest BCUT2D eigenvalue weighted by atomic mass is 19.3. The van der Waals surface area contributed by atoms with E-state index in [2.05, 4.69) is 0 Å². The molecule has 5 nitrogen and oxygen atoms in total. The summed E-state index contributed by atoms with van der Waals surface area (Å²) in [5, 5.41) is 9.16. The number of halogens is 2. The Hall–Kier alpha value is -1.40. The van der Waals surface area contributed by atoms with E-state index < -0.39 is 41.5 Å². The summed E-state index contributed by atoms with van der Waals surface area (Å²) in [5.41, 5.74) is -2.39. The predicted molar refractivity (Wildman–Crippen MR) is 61.0 cm³/mol. The lowest BCUT2D eigenvalue weighted by Gasteiger charge is -2.28. The van der Waals surface area contributed by atoms with E-state index in [1.807, 2.05) is 0 Å². The normalized spacial score (nSPS) is 32.5. The molecule has 0 aromatic carbocycles. The molecule has 1 unspecified atom stereocenters. The highest BCUT2D eigenvalue weighted by Crippen LogP contribution is 2.68. The number of amides is 1. The zero-order valence-corrected chi connectivity index (χ0v) is 11.1. The van der Waals surface area contributed by atoms with Crippen molar-refractivity contribution in [1.82, 2.24) is 4.90 Å². The first kappa shape index (κ1) is 14.0. The maximum Gasteiger partial charge on any atom is 0.411 e. The largest absolute Gasteiger partial charge is 0.480 e. The second kappa shape index (κ2) is 3.80. The molecule has 2 aliphatic rings. The van der Waals surface area contributed by atoms with Crippen LogP contribution in [-0.2, 0) is 9.53 Å². The summed E-state index contributed by atoms with van der Waals surface area (Å²) >= 11 is 0. The number of carbonyl (C=O) groups excluding carboxylic acids is 1. The van der Waals surface area contributed by atoms with Crippen molar-refractivity contribution in [2.24, 2.45) is 5.41 Å². The summed E-state index contributed by atoms with van der Waals surface area (Å²) in [6.45, 7) is 4.90. The van der Waals surface area contributed by atoms with Gasteiger partial charge in [-0.1, -0.05) is 0 Å². The third-order valence-electron chi connectivity index (χ3n) is 3.64. The van der Waals surface area contributed by atoms with Crippen LogP contribution in [0.1, 0.15) is 33.6 Å². The first-order chi connectivity index (χ1) is 8.50. The fourth-order valence-corrected chi connectivity index (χ4v) is 2.69. The quantitative estimate of drug-likeness (QED) is 0.797. The van der Waals surface area contributed by atoms with Crippen LogP contribution in [0.15, 0.2) is 0 Å². The van der Waals surface area contributed by atoms with E-state index >= 15 is 0 Å². The van der Waals surface area contributed by atoms with E-state index in [0.717, 1.165) is 4.90 Å². The van der Waals surface area contributed by atoms with Gasteiger partial charge in [0.2, 0.25) is 0 Å². The van der Waals surface area contributed by atoms with E-state index in [4.69, 9.17) is 9.84 Å². The molecule has 1 saturated heterocycles. The van der Waals surface area contributed by atoms with Crippen LogP contribution in [-0.4, -0.2) is 46.2 Å². The lowest BCUT2D eigenvalue weighted by atomic mass is 9.96. The molecule has 1 aliphatic heterocycles. The number of likely N-dealkylation sites (tertiary alicyclic amines) is 1. The highest BCUT2D eigenvalue weighted by molar-refractivity contribution is 5.83. The molecule has 1 saturated carbocycles. The average molecular weight is 277 g/mol. The summed E-state index contributed by atoms with van der Waals surface area (Å²) in [5.74, 6) is -4.41. The maximum atomic E-state index is 13.4. The van der Waals surface area contributed by atoms with Crippen molar-refractivity contribution >= 4 is 12.1 Å². The molecule has 1 aliphatic carbocycles. The molecule has 0 aromatic rings. The van der Waals surface area contributed by atoms with Gasteiger partial charge in [0.15, 0.2) is 0 Å². The smallest absolute Gasteiger partial charge is 0.411 e. The van der Waals surface area contributed by atoms with Crippen LogP contribution < -0.4 is 0 Å². The number of alkyl halides is 2. The van der Waals surface area contributed by atoms with E-state index in [9.17, 15) is 18.4 Å². The van der Waals surface area contributed by atoms with Gasteiger partial charge >= 0.3 is 12.1 Å². The van der Waals surface area contributed by atoms with Crippen LogP contribution in [0.5, 0.6) is 0 Å². The summed E-state index contributed by atoms with van der Waals surface area (Å²) in [6.07, 6.45) is -1.33. The van der Waals surface area contributed by atoms with Crippen LogP contribution in [0.25, 0.3) is 0 Å². The number of rotatable bonds is 1. The Bertz CT molecular complexity index is 432. The van der Waals surface area contributed by atoms with Gasteiger partial charge in [0.25, 0.3) is 5.92 Å². The molecule has 0 aromatic heterocycles. The van der Waals surface area contributed by atoms with Gasteiger partial charge in [-0.05, 0) is 27.2 Å². The summed E-state index contributed by atoms with van der Waals surface area (Å²) in [4.78, 5) is 24.1. The standard InChI is InChI=1S/C12H17F2NO4/c1-10(2,3)19-9(18)15-5-4-11(6-12(11,13)14)7(15)8(16)17/h7H,4-6H2,1-3H3,(H,16,17)/t7?,11-/m0/s1. The van der Waals surface area contributed by atoms with Crippen LogP contribution >= 0.6 is 0 Å². The molecular formula is C12H17F2NO4. The second-order valence-electron chi connectivity index (χ2n) is 6.20. The molecule has 2 atom stereocenters. The molecular weight excluding hydrogens is 260 g/mol. The van der Waals surface area contributed by atoms with Crippen molar-refractivity contribution in [3.05, 3.63) is 0 Å². The number of ether oxygens (including phenoxy) is 1. The Kier molecular flexibility index (Phi) is 2.80. The van der Waals surface area contributed by atoms with Crippen molar-refractivity contribution in [2.45, 2.75) is 51.2 Å². The van der Waals surface area contributed by atoms with Gasteiger partial charge in [-0.25, -0.2) is 18.4 Å². The zero-order chi connectivity index (χ0) is 14.6. The Balaban J connectivity index is 2.20. The number of carboxylic acid groups (broad SMARTS) is 1. The second-order valence-corrected chi connectivity index (χ2v) is 6.20. The molecule has 0 radical (unpaired) electrons. The van der Waals surface area contributed by atoms with Gasteiger partial charge in [0.05, 0.1) is 5.41 Å². The topological polar surface area (TPSA) is 66.8 Å². The molecule has 2 fully saturated rings. The van der Waals surface area contributed by atoms with Crippen LogP contribution in [0.4, 0.5) is 13.6 Å². The van der Waals surface area contributed by atoms with Crippen LogP contribution in [0, 0.1) is 5.41 Å². The van der Waals surface area contributed by atoms with E-state index in [1.165, 1.54) is 0 Å². The predicted octanol–water partition coefficient (Wildman–Crippen LogP) is 2.11. The lowest BCUT2D eigenvalue weighted by molar-refractivity contribution is -0.145. The monoisotopic (exact) mass is 277 g/mol. The number of nitrogens with zero attached hydrogens (tertiary/aromatic N) is 1. The SMILES string of the molecule is CC(C)(C)OC(=O)N1CC[C@]2(CC2(F)F)C1C(=O)O. The minimum Gasteiger partial charge on any atom is -0.480 e. The van der Waals surface area contributed by atoms with Crippen molar-refractivity contribution < 1.29 is 28.2 Å². The van der Waals surface area contributed by atoms with E-state index in [-0.39, 0.29) is 13.0 Å². The molecule has 108 valence electrons. The Morgan fingerprint density at radius 2 is 1.89 bits per heavy atom. The maximum absolute atomic E-state index is 13.4. The van der Waals surface area contributed by atoms with Gasteiger partial charge in [-0.15, -0.1) is 0 Å². The summed E-state index contributed by atoms with van der Waals surface area (Å²) in [7, 11) is 0. The average Bonchev–Trinajstić information content (AvgIpc) is 2.58. The fourth-order valence-electron chi connectivity index (χ4n) is 2.69. The number of hydrogen-bond acceptors (Lipinski definition) is 3. The third-order valence-corrected chi connectivity index (χ3v) is 3.64.